The van der Waals surface area contributed by atoms with Gasteiger partial charge in [-0.15, -0.1) is 0 Å². The maximum atomic E-state index is 10.6. The molecule has 12 heavy (non-hydrogen) atoms. The summed E-state index contributed by atoms with van der Waals surface area (Å²) in [5.41, 5.74) is 0.901. The Morgan fingerprint density at radius 1 is 1.42 bits per heavy atom. The highest BCUT2D eigenvalue weighted by Crippen LogP contribution is 2.23. The molecule has 1 aromatic heterocycles. The van der Waals surface area contributed by atoms with Crippen molar-refractivity contribution in [3.8, 4) is 0 Å². The Labute approximate surface area is 69.2 Å². The topological polar surface area (TPSA) is 63.3 Å². The average molecular weight is 167 g/mol. The fraction of sp³-hybridized carbons (Fsp3) is 0.500. The monoisotopic (exact) mass is 167 g/mol. The third-order valence-corrected chi connectivity index (χ3v) is 2.15. The summed E-state index contributed by atoms with van der Waals surface area (Å²) in [6, 6.07) is 0. The highest BCUT2D eigenvalue weighted by atomic mass is 16.5. The second-order valence-electron chi connectivity index (χ2n) is 2.95. The van der Waals surface area contributed by atoms with Crippen LogP contribution in [0.3, 0.4) is 0 Å². The summed E-state index contributed by atoms with van der Waals surface area (Å²) < 4.78 is 4.92. The predicted molar refractivity (Wildman–Crippen MR) is 40.1 cm³/mol. The Hall–Kier alpha value is -1.32. The zero-order chi connectivity index (χ0) is 8.55. The number of hydrogen-bond acceptors (Lipinski definition) is 3. The zero-order valence-electron chi connectivity index (χ0n) is 6.54. The van der Waals surface area contributed by atoms with Crippen molar-refractivity contribution in [2.45, 2.75) is 25.7 Å². The molecule has 0 radical (unpaired) electrons. The highest BCUT2D eigenvalue weighted by Gasteiger charge is 2.22. The normalized spacial score (nSPS) is 15.7. The molecule has 0 aliphatic heterocycles. The van der Waals surface area contributed by atoms with Crippen molar-refractivity contribution in [2.24, 2.45) is 0 Å². The lowest BCUT2D eigenvalue weighted by Gasteiger charge is -2.07. The van der Waals surface area contributed by atoms with E-state index in [0.717, 1.165) is 37.0 Å². The lowest BCUT2D eigenvalue weighted by atomic mass is 9.97. The van der Waals surface area contributed by atoms with Gasteiger partial charge in [-0.25, -0.2) is 4.79 Å². The van der Waals surface area contributed by atoms with Crippen molar-refractivity contribution in [3.05, 3.63) is 17.0 Å². The van der Waals surface area contributed by atoms with E-state index < -0.39 is 5.97 Å². The molecule has 0 bridgehead atoms. The molecule has 2 rings (SSSR count). The molecule has 64 valence electrons. The Bertz CT molecular complexity index is 316. The van der Waals surface area contributed by atoms with Crippen LogP contribution in [0.1, 0.15) is 34.7 Å². The molecule has 0 spiro atoms. The van der Waals surface area contributed by atoms with Gasteiger partial charge in [0.05, 0.1) is 0 Å². The van der Waals surface area contributed by atoms with Gasteiger partial charge < -0.3 is 9.63 Å². The number of carbonyl (C=O) groups is 1. The molecule has 1 heterocycles. The molecule has 0 aromatic carbocycles. The third-order valence-electron chi connectivity index (χ3n) is 2.15. The van der Waals surface area contributed by atoms with Gasteiger partial charge in [0.15, 0.2) is 5.69 Å². The Kier molecular flexibility index (Phi) is 1.60. The lowest BCUT2D eigenvalue weighted by molar-refractivity contribution is 0.0684. The van der Waals surface area contributed by atoms with Crippen molar-refractivity contribution >= 4 is 5.97 Å². The quantitative estimate of drug-likeness (QED) is 0.683. The van der Waals surface area contributed by atoms with E-state index in [1.807, 2.05) is 0 Å². The summed E-state index contributed by atoms with van der Waals surface area (Å²) in [5.74, 6) is -0.222. The first-order valence-electron chi connectivity index (χ1n) is 4.00. The molecule has 1 aliphatic rings. The maximum Gasteiger partial charge on any atom is 0.358 e. The standard InChI is InChI=1S/C8H9NO3/c10-8(11)7-5-3-1-2-4-6(5)12-9-7/h1-4H2,(H,10,11). The summed E-state index contributed by atoms with van der Waals surface area (Å²) >= 11 is 0. The number of aromatic nitrogens is 1. The van der Waals surface area contributed by atoms with Gasteiger partial charge in [-0.3, -0.25) is 0 Å². The molecule has 4 heteroatoms. The first kappa shape index (κ1) is 7.34. The number of carboxylic acids is 1. The van der Waals surface area contributed by atoms with Crippen molar-refractivity contribution in [3.63, 3.8) is 0 Å². The van der Waals surface area contributed by atoms with Crippen LogP contribution >= 0.6 is 0 Å². The highest BCUT2D eigenvalue weighted by molar-refractivity contribution is 5.87. The van der Waals surface area contributed by atoms with E-state index in [1.165, 1.54) is 0 Å². The Morgan fingerprint density at radius 2 is 2.17 bits per heavy atom. The van der Waals surface area contributed by atoms with Crippen LogP contribution in [-0.4, -0.2) is 16.2 Å². The van der Waals surface area contributed by atoms with Gasteiger partial charge >= 0.3 is 5.97 Å². The second kappa shape index (κ2) is 2.62. The largest absolute Gasteiger partial charge is 0.476 e. The molecule has 0 amide bonds. The van der Waals surface area contributed by atoms with Gasteiger partial charge in [-0.05, 0) is 19.3 Å². The molecule has 1 aliphatic carbocycles. The van der Waals surface area contributed by atoms with Crippen LogP contribution in [-0.2, 0) is 12.8 Å². The van der Waals surface area contributed by atoms with Crippen molar-refractivity contribution in [1.29, 1.82) is 0 Å². The fourth-order valence-corrected chi connectivity index (χ4v) is 1.55. The lowest BCUT2D eigenvalue weighted by Crippen LogP contribution is -2.06. The van der Waals surface area contributed by atoms with Gasteiger partial charge in [0, 0.05) is 12.0 Å². The van der Waals surface area contributed by atoms with E-state index >= 15 is 0 Å². The van der Waals surface area contributed by atoms with Crippen LogP contribution in [0.5, 0.6) is 0 Å². The Balaban J connectivity index is 2.44. The number of carboxylic acid groups (broad SMARTS) is 1. The van der Waals surface area contributed by atoms with Crippen LogP contribution in [0, 0.1) is 0 Å². The fourth-order valence-electron chi connectivity index (χ4n) is 1.55. The van der Waals surface area contributed by atoms with Crippen molar-refractivity contribution < 1.29 is 14.4 Å². The first-order chi connectivity index (χ1) is 5.79. The van der Waals surface area contributed by atoms with Crippen molar-refractivity contribution in [1.82, 2.24) is 5.16 Å². The third kappa shape index (κ3) is 0.995. The number of fused-ring (bicyclic) bond motifs is 1. The molecule has 0 saturated carbocycles. The predicted octanol–water partition coefficient (Wildman–Crippen LogP) is 1.25. The number of rotatable bonds is 1. The van der Waals surface area contributed by atoms with Crippen LogP contribution in [0.4, 0.5) is 0 Å². The van der Waals surface area contributed by atoms with E-state index in [2.05, 4.69) is 5.16 Å². The van der Waals surface area contributed by atoms with E-state index in [4.69, 9.17) is 9.63 Å². The summed E-state index contributed by atoms with van der Waals surface area (Å²) in [6.45, 7) is 0. The van der Waals surface area contributed by atoms with Crippen LogP contribution in [0.25, 0.3) is 0 Å². The second-order valence-corrected chi connectivity index (χ2v) is 2.95. The van der Waals surface area contributed by atoms with E-state index in [-0.39, 0.29) is 5.69 Å². The molecule has 0 unspecified atom stereocenters. The van der Waals surface area contributed by atoms with Gasteiger partial charge in [-0.2, -0.15) is 0 Å². The van der Waals surface area contributed by atoms with Gasteiger partial charge in [0.2, 0.25) is 0 Å². The molecular weight excluding hydrogens is 158 g/mol. The number of aromatic carboxylic acids is 1. The number of hydrogen-bond donors (Lipinski definition) is 1. The van der Waals surface area contributed by atoms with Crippen LogP contribution in [0.15, 0.2) is 4.52 Å². The van der Waals surface area contributed by atoms with E-state index in [9.17, 15) is 4.79 Å². The van der Waals surface area contributed by atoms with Crippen molar-refractivity contribution in [2.75, 3.05) is 0 Å². The Morgan fingerprint density at radius 3 is 2.92 bits per heavy atom. The summed E-state index contributed by atoms with van der Waals surface area (Å²) in [5, 5.41) is 12.2. The zero-order valence-corrected chi connectivity index (χ0v) is 6.54. The summed E-state index contributed by atoms with van der Waals surface area (Å²) in [7, 11) is 0. The summed E-state index contributed by atoms with van der Waals surface area (Å²) in [4.78, 5) is 10.6. The van der Waals surface area contributed by atoms with Crippen LogP contribution < -0.4 is 0 Å². The number of nitrogens with zero attached hydrogens (tertiary/aromatic N) is 1. The first-order valence-corrected chi connectivity index (χ1v) is 4.00. The molecule has 1 N–H and O–H groups in total. The molecule has 0 saturated heterocycles. The number of aryl methyl sites for hydroxylation is 1. The summed E-state index contributed by atoms with van der Waals surface area (Å²) in [6.07, 6.45) is 3.73. The molecular formula is C8H9NO3. The van der Waals surface area contributed by atoms with Gasteiger partial charge in [0.25, 0.3) is 0 Å². The van der Waals surface area contributed by atoms with E-state index in [1.54, 1.807) is 0 Å². The molecule has 4 nitrogen and oxygen atoms in total. The maximum absolute atomic E-state index is 10.6. The van der Waals surface area contributed by atoms with E-state index in [0.29, 0.717) is 0 Å². The average Bonchev–Trinajstić information content (AvgIpc) is 2.47. The van der Waals surface area contributed by atoms with Crippen LogP contribution in [0.2, 0.25) is 0 Å². The SMILES string of the molecule is O=C(O)c1noc2c1CCCC2. The molecule has 1 aromatic rings. The van der Waals surface area contributed by atoms with Gasteiger partial charge in [-0.1, -0.05) is 5.16 Å². The minimum absolute atomic E-state index is 0.102. The molecule has 0 atom stereocenters. The van der Waals surface area contributed by atoms with Gasteiger partial charge in [0.1, 0.15) is 5.76 Å². The molecule has 0 fully saturated rings. The minimum Gasteiger partial charge on any atom is -0.476 e. The minimum atomic E-state index is -0.984. The smallest absolute Gasteiger partial charge is 0.358 e.